The number of nitrogen functional groups attached to an aromatic ring is 1. The van der Waals surface area contributed by atoms with Gasteiger partial charge in [-0.05, 0) is 41.4 Å². The Balaban J connectivity index is 2.28. The summed E-state index contributed by atoms with van der Waals surface area (Å²) in [5, 5.41) is 0. The zero-order valence-electron chi connectivity index (χ0n) is 11.2. The Kier molecular flexibility index (Phi) is 4.39. The van der Waals surface area contributed by atoms with Gasteiger partial charge >= 0.3 is 0 Å². The number of nitrogens with zero attached hydrogens (tertiary/aromatic N) is 1. The lowest BCUT2D eigenvalue weighted by molar-refractivity contribution is 0.0707. The molecule has 1 heterocycles. The van der Waals surface area contributed by atoms with Gasteiger partial charge in [0.1, 0.15) is 0 Å². The lowest BCUT2D eigenvalue weighted by Crippen LogP contribution is -2.41. The zero-order valence-corrected chi connectivity index (χ0v) is 13.6. The number of benzene rings is 1. The molecule has 0 aromatic heterocycles. The number of hydrogen-bond donors (Lipinski definition) is 1. The van der Waals surface area contributed by atoms with Gasteiger partial charge in [0, 0.05) is 18.3 Å². The fraction of sp³-hybridized carbons (Fsp3) is 0.462. The Morgan fingerprint density at radius 2 is 2.20 bits per heavy atom. The van der Waals surface area contributed by atoms with E-state index in [1.54, 1.807) is 23.1 Å². The van der Waals surface area contributed by atoms with E-state index in [-0.39, 0.29) is 23.5 Å². The van der Waals surface area contributed by atoms with Crippen LogP contribution in [0.1, 0.15) is 23.7 Å². The Bertz CT molecular complexity index is 631. The van der Waals surface area contributed by atoms with Crippen molar-refractivity contribution in [3.63, 3.8) is 0 Å². The molecule has 0 bridgehead atoms. The lowest BCUT2D eigenvalue weighted by Gasteiger charge is -2.27. The Morgan fingerprint density at radius 3 is 2.75 bits per heavy atom. The van der Waals surface area contributed by atoms with E-state index in [1.165, 1.54) is 0 Å². The fourth-order valence-corrected chi connectivity index (χ4v) is 4.62. The third-order valence-corrected chi connectivity index (χ3v) is 6.15. The highest BCUT2D eigenvalue weighted by molar-refractivity contribution is 9.10. The van der Waals surface area contributed by atoms with Gasteiger partial charge in [-0.2, -0.15) is 0 Å². The normalized spacial score (nSPS) is 20.8. The molecular weight excluding hydrogens is 344 g/mol. The van der Waals surface area contributed by atoms with Crippen molar-refractivity contribution in [2.24, 2.45) is 0 Å². The predicted molar refractivity (Wildman–Crippen MR) is 82.3 cm³/mol. The van der Waals surface area contributed by atoms with Gasteiger partial charge in [-0.1, -0.05) is 6.07 Å². The van der Waals surface area contributed by atoms with E-state index in [0.717, 1.165) is 0 Å². The summed E-state index contributed by atoms with van der Waals surface area (Å²) in [6.45, 7) is 2.32. The van der Waals surface area contributed by atoms with Crippen molar-refractivity contribution < 1.29 is 13.2 Å². The van der Waals surface area contributed by atoms with Crippen molar-refractivity contribution in [2.45, 2.75) is 19.4 Å². The smallest absolute Gasteiger partial charge is 0.255 e. The van der Waals surface area contributed by atoms with Gasteiger partial charge in [-0.25, -0.2) is 8.42 Å². The summed E-state index contributed by atoms with van der Waals surface area (Å²) in [6.07, 6.45) is 0.502. The monoisotopic (exact) mass is 360 g/mol. The summed E-state index contributed by atoms with van der Waals surface area (Å²) in [7, 11) is -3.01. The molecule has 2 rings (SSSR count). The number of nitrogens with two attached hydrogens (primary N) is 1. The third kappa shape index (κ3) is 2.98. The molecule has 110 valence electrons. The largest absolute Gasteiger partial charge is 0.398 e. The minimum Gasteiger partial charge on any atom is -0.398 e. The number of carbonyl (C=O) groups is 1. The first-order valence-electron chi connectivity index (χ1n) is 6.41. The molecule has 1 fully saturated rings. The SMILES string of the molecule is CCN(C(=O)c1cccc(N)c1Br)C1CCS(=O)(=O)C1. The molecule has 2 N–H and O–H groups in total. The van der Waals surface area contributed by atoms with Gasteiger partial charge in [0.25, 0.3) is 5.91 Å². The van der Waals surface area contributed by atoms with Crippen LogP contribution in [0.4, 0.5) is 5.69 Å². The summed E-state index contributed by atoms with van der Waals surface area (Å²) in [5.41, 5.74) is 6.74. The highest BCUT2D eigenvalue weighted by Gasteiger charge is 2.34. The number of anilines is 1. The summed E-state index contributed by atoms with van der Waals surface area (Å²) >= 11 is 3.32. The van der Waals surface area contributed by atoms with Gasteiger partial charge in [0.2, 0.25) is 0 Å². The van der Waals surface area contributed by atoms with Crippen molar-refractivity contribution in [3.8, 4) is 0 Å². The number of amides is 1. The molecule has 1 aromatic carbocycles. The molecule has 0 saturated carbocycles. The zero-order chi connectivity index (χ0) is 14.9. The predicted octanol–water partition coefficient (Wildman–Crippen LogP) is 1.68. The van der Waals surface area contributed by atoms with Crippen molar-refractivity contribution >= 4 is 37.4 Å². The molecule has 1 aromatic rings. The number of hydrogen-bond acceptors (Lipinski definition) is 4. The first-order chi connectivity index (χ1) is 9.35. The Hall–Kier alpha value is -1.08. The fourth-order valence-electron chi connectivity index (χ4n) is 2.46. The first kappa shape index (κ1) is 15.3. The van der Waals surface area contributed by atoms with Crippen LogP contribution in [0.2, 0.25) is 0 Å². The van der Waals surface area contributed by atoms with Gasteiger partial charge in [-0.3, -0.25) is 4.79 Å². The standard InChI is InChI=1S/C13H17BrN2O3S/c1-2-16(9-6-7-20(18,19)8-9)13(17)10-4-3-5-11(15)12(10)14/h3-5,9H,2,6-8,15H2,1H3. The molecule has 0 aliphatic carbocycles. The van der Waals surface area contributed by atoms with Crippen molar-refractivity contribution in [2.75, 3.05) is 23.8 Å². The van der Waals surface area contributed by atoms with Crippen molar-refractivity contribution in [1.29, 1.82) is 0 Å². The average Bonchev–Trinajstić information content (AvgIpc) is 2.74. The second-order valence-electron chi connectivity index (χ2n) is 4.86. The average molecular weight is 361 g/mol. The molecule has 1 unspecified atom stereocenters. The van der Waals surface area contributed by atoms with Crippen LogP contribution in [0.25, 0.3) is 0 Å². The number of carbonyl (C=O) groups excluding carboxylic acids is 1. The van der Waals surface area contributed by atoms with Crippen LogP contribution in [0.15, 0.2) is 22.7 Å². The molecule has 7 heteroatoms. The van der Waals surface area contributed by atoms with Gasteiger partial charge in [0.05, 0.1) is 21.5 Å². The second kappa shape index (κ2) is 5.73. The van der Waals surface area contributed by atoms with E-state index in [9.17, 15) is 13.2 Å². The number of rotatable bonds is 3. The molecule has 1 aliphatic rings. The summed E-state index contributed by atoms with van der Waals surface area (Å²) in [6, 6.07) is 4.87. The molecule has 1 atom stereocenters. The van der Waals surface area contributed by atoms with Gasteiger partial charge < -0.3 is 10.6 Å². The second-order valence-corrected chi connectivity index (χ2v) is 7.88. The van der Waals surface area contributed by atoms with Crippen LogP contribution in [0.3, 0.4) is 0 Å². The highest BCUT2D eigenvalue weighted by atomic mass is 79.9. The quantitative estimate of drug-likeness (QED) is 0.831. The highest BCUT2D eigenvalue weighted by Crippen LogP contribution is 2.27. The molecule has 5 nitrogen and oxygen atoms in total. The van der Waals surface area contributed by atoms with Gasteiger partial charge in [-0.15, -0.1) is 0 Å². The molecular formula is C13H17BrN2O3S. The van der Waals surface area contributed by atoms with Crippen LogP contribution in [-0.2, 0) is 9.84 Å². The minimum absolute atomic E-state index is 0.0481. The third-order valence-electron chi connectivity index (χ3n) is 3.51. The Labute approximate surface area is 127 Å². The molecule has 0 spiro atoms. The van der Waals surface area contributed by atoms with Crippen LogP contribution in [-0.4, -0.2) is 43.3 Å². The molecule has 0 radical (unpaired) electrons. The molecule has 1 aliphatic heterocycles. The van der Waals surface area contributed by atoms with E-state index in [0.29, 0.717) is 28.7 Å². The Morgan fingerprint density at radius 1 is 1.50 bits per heavy atom. The number of halogens is 1. The minimum atomic E-state index is -3.01. The first-order valence-corrected chi connectivity index (χ1v) is 9.02. The van der Waals surface area contributed by atoms with Crippen LogP contribution in [0.5, 0.6) is 0 Å². The maximum absolute atomic E-state index is 12.6. The maximum Gasteiger partial charge on any atom is 0.255 e. The maximum atomic E-state index is 12.6. The van der Waals surface area contributed by atoms with Crippen LogP contribution < -0.4 is 5.73 Å². The van der Waals surface area contributed by atoms with Crippen molar-refractivity contribution in [3.05, 3.63) is 28.2 Å². The topological polar surface area (TPSA) is 80.5 Å². The lowest BCUT2D eigenvalue weighted by atomic mass is 10.1. The van der Waals surface area contributed by atoms with E-state index in [2.05, 4.69) is 15.9 Å². The van der Waals surface area contributed by atoms with Crippen LogP contribution in [0, 0.1) is 0 Å². The van der Waals surface area contributed by atoms with Crippen LogP contribution >= 0.6 is 15.9 Å². The molecule has 1 saturated heterocycles. The van der Waals surface area contributed by atoms with E-state index in [1.807, 2.05) is 6.92 Å². The van der Waals surface area contributed by atoms with E-state index >= 15 is 0 Å². The molecule has 1 amide bonds. The van der Waals surface area contributed by atoms with Gasteiger partial charge in [0.15, 0.2) is 9.84 Å². The summed E-state index contributed by atoms with van der Waals surface area (Å²) in [4.78, 5) is 14.2. The van der Waals surface area contributed by atoms with E-state index in [4.69, 9.17) is 5.73 Å². The molecule has 20 heavy (non-hydrogen) atoms. The summed E-state index contributed by atoms with van der Waals surface area (Å²) < 4.78 is 23.7. The van der Waals surface area contributed by atoms with E-state index < -0.39 is 9.84 Å². The van der Waals surface area contributed by atoms with Crippen molar-refractivity contribution in [1.82, 2.24) is 4.90 Å². The summed E-state index contributed by atoms with van der Waals surface area (Å²) in [5.74, 6) is 0.0141. The number of sulfone groups is 1.